The molecule has 0 unspecified atom stereocenters. The molecule has 0 aliphatic carbocycles. The van der Waals surface area contributed by atoms with Crippen molar-refractivity contribution in [2.24, 2.45) is 0 Å². The zero-order valence-electron chi connectivity index (χ0n) is 16.2. The van der Waals surface area contributed by atoms with Crippen LogP contribution in [0.15, 0.2) is 83.9 Å². The van der Waals surface area contributed by atoms with Gasteiger partial charge in [-0.2, -0.15) is 0 Å². The zero-order chi connectivity index (χ0) is 21.3. The Balaban J connectivity index is 1.79. The van der Waals surface area contributed by atoms with Crippen molar-refractivity contribution >= 4 is 38.8 Å². The number of sulfonamides is 1. The van der Waals surface area contributed by atoms with Gasteiger partial charge in [-0.3, -0.25) is 9.10 Å². The Morgan fingerprint density at radius 3 is 2.53 bits per heavy atom. The minimum atomic E-state index is -4.07. The molecule has 0 aromatic heterocycles. The number of Topliss-reactive ketones (excluding diaryl/α,β-unsaturated/α-hetero) is 1. The molecule has 0 amide bonds. The first-order valence-electron chi connectivity index (χ1n) is 9.30. The summed E-state index contributed by atoms with van der Waals surface area (Å²) in [4.78, 5) is 12.7. The highest BCUT2D eigenvalue weighted by Crippen LogP contribution is 2.36. The molecule has 1 heterocycles. The number of anilines is 2. The fourth-order valence-electron chi connectivity index (χ4n) is 3.39. The lowest BCUT2D eigenvalue weighted by molar-refractivity contribution is 0.104. The third-order valence-electron chi connectivity index (χ3n) is 4.81. The molecular weight excluding hydrogens is 420 g/mol. The van der Waals surface area contributed by atoms with Crippen molar-refractivity contribution in [3.63, 3.8) is 0 Å². The van der Waals surface area contributed by atoms with E-state index in [1.807, 2.05) is 31.2 Å². The Hall–Kier alpha value is -3.09. The van der Waals surface area contributed by atoms with Gasteiger partial charge in [0.05, 0.1) is 12.2 Å². The van der Waals surface area contributed by atoms with Crippen LogP contribution in [0, 0.1) is 6.92 Å². The van der Waals surface area contributed by atoms with Gasteiger partial charge in [0.2, 0.25) is 5.78 Å². The average Bonchev–Trinajstić information content (AvgIpc) is 2.71. The van der Waals surface area contributed by atoms with Crippen molar-refractivity contribution in [3.05, 3.63) is 106 Å². The van der Waals surface area contributed by atoms with Crippen LogP contribution >= 0.6 is 11.6 Å². The summed E-state index contributed by atoms with van der Waals surface area (Å²) in [6.45, 7) is 2.08. The average molecular weight is 439 g/mol. The molecule has 3 aromatic carbocycles. The smallest absolute Gasteiger partial charge is 0.270 e. The molecule has 0 saturated heterocycles. The topological polar surface area (TPSA) is 66.5 Å². The molecule has 0 spiro atoms. The van der Waals surface area contributed by atoms with Crippen LogP contribution < -0.4 is 9.62 Å². The van der Waals surface area contributed by atoms with E-state index in [0.717, 1.165) is 11.1 Å². The second-order valence-corrected chi connectivity index (χ2v) is 9.28. The van der Waals surface area contributed by atoms with Gasteiger partial charge in [0, 0.05) is 22.5 Å². The molecule has 1 N–H and O–H groups in total. The van der Waals surface area contributed by atoms with E-state index in [1.54, 1.807) is 48.5 Å². The van der Waals surface area contributed by atoms with Crippen LogP contribution in [-0.2, 0) is 16.6 Å². The van der Waals surface area contributed by atoms with Gasteiger partial charge < -0.3 is 5.32 Å². The molecule has 30 heavy (non-hydrogen) atoms. The van der Waals surface area contributed by atoms with Crippen molar-refractivity contribution in [1.29, 1.82) is 0 Å². The quantitative estimate of drug-likeness (QED) is 0.573. The van der Waals surface area contributed by atoms with Crippen LogP contribution in [0.2, 0.25) is 5.02 Å². The molecule has 1 aliphatic rings. The van der Waals surface area contributed by atoms with Crippen LogP contribution in [0.5, 0.6) is 0 Å². The SMILES string of the molecule is Cc1cccc(CN2c3ccccc3C(=O)/C(=C/Nc3cccc(Cl)c3)S2(=O)=O)c1. The van der Waals surface area contributed by atoms with Gasteiger partial charge in [-0.25, -0.2) is 8.42 Å². The second kappa shape index (κ2) is 7.97. The summed E-state index contributed by atoms with van der Waals surface area (Å²) in [6, 6.07) is 21.2. The first-order valence-corrected chi connectivity index (χ1v) is 11.1. The minimum absolute atomic E-state index is 0.128. The van der Waals surface area contributed by atoms with Crippen molar-refractivity contribution in [2.45, 2.75) is 13.5 Å². The van der Waals surface area contributed by atoms with E-state index in [-0.39, 0.29) is 11.4 Å². The summed E-state index contributed by atoms with van der Waals surface area (Å²) in [6.07, 6.45) is 1.24. The van der Waals surface area contributed by atoms with Crippen molar-refractivity contribution in [2.75, 3.05) is 9.62 Å². The van der Waals surface area contributed by atoms with Gasteiger partial charge in [0.15, 0.2) is 4.91 Å². The number of halogens is 1. The lowest BCUT2D eigenvalue weighted by Crippen LogP contribution is -2.39. The molecule has 7 heteroatoms. The Labute approximate surface area is 180 Å². The highest BCUT2D eigenvalue weighted by atomic mass is 35.5. The predicted molar refractivity (Wildman–Crippen MR) is 120 cm³/mol. The number of fused-ring (bicyclic) bond motifs is 1. The summed E-state index contributed by atoms with van der Waals surface area (Å²) < 4.78 is 28.2. The predicted octanol–water partition coefficient (Wildman–Crippen LogP) is 5.13. The maximum Gasteiger partial charge on any atom is 0.270 e. The number of rotatable bonds is 4. The molecule has 0 atom stereocenters. The first kappa shape index (κ1) is 20.2. The summed E-state index contributed by atoms with van der Waals surface area (Å²) in [7, 11) is -4.07. The van der Waals surface area contributed by atoms with Crippen LogP contribution in [0.1, 0.15) is 21.5 Å². The maximum absolute atomic E-state index is 13.4. The number of nitrogens with one attached hydrogen (secondary N) is 1. The molecule has 1 aliphatic heterocycles. The standard InChI is InChI=1S/C23H19ClN2O3S/c1-16-6-4-7-17(12-16)15-26-21-11-3-2-10-20(21)23(27)22(30(26,28)29)14-25-19-9-5-8-18(24)13-19/h2-14,25H,15H2,1H3/b22-14-. The largest absolute Gasteiger partial charge is 0.360 e. The van der Waals surface area contributed by atoms with Gasteiger partial charge in [-0.05, 0) is 42.8 Å². The third-order valence-corrected chi connectivity index (χ3v) is 6.81. The molecule has 0 bridgehead atoms. The van der Waals surface area contributed by atoms with E-state index in [2.05, 4.69) is 5.32 Å². The number of para-hydroxylation sites is 1. The lowest BCUT2D eigenvalue weighted by Gasteiger charge is -2.31. The third kappa shape index (κ3) is 3.84. The molecular formula is C23H19ClN2O3S. The minimum Gasteiger partial charge on any atom is -0.360 e. The number of hydrogen-bond donors (Lipinski definition) is 1. The number of carbonyl (C=O) groups excluding carboxylic acids is 1. The van der Waals surface area contributed by atoms with E-state index in [1.165, 1.54) is 10.5 Å². The molecule has 0 radical (unpaired) electrons. The van der Waals surface area contributed by atoms with E-state index < -0.39 is 15.8 Å². The molecule has 3 aromatic rings. The Morgan fingerprint density at radius 2 is 1.77 bits per heavy atom. The van der Waals surface area contributed by atoms with Gasteiger partial charge in [-0.15, -0.1) is 0 Å². The number of benzene rings is 3. The van der Waals surface area contributed by atoms with Crippen LogP contribution in [0.25, 0.3) is 0 Å². The molecule has 152 valence electrons. The van der Waals surface area contributed by atoms with Gasteiger partial charge in [0.25, 0.3) is 10.0 Å². The fourth-order valence-corrected chi connectivity index (χ4v) is 5.11. The summed E-state index contributed by atoms with van der Waals surface area (Å²) >= 11 is 5.99. The number of hydrogen-bond acceptors (Lipinski definition) is 4. The number of allylic oxidation sites excluding steroid dienone is 1. The van der Waals surface area contributed by atoms with Gasteiger partial charge in [0.1, 0.15) is 0 Å². The highest BCUT2D eigenvalue weighted by Gasteiger charge is 2.40. The Morgan fingerprint density at radius 1 is 1.00 bits per heavy atom. The summed E-state index contributed by atoms with van der Waals surface area (Å²) in [5, 5.41) is 3.39. The summed E-state index contributed by atoms with van der Waals surface area (Å²) in [5.74, 6) is -0.541. The zero-order valence-corrected chi connectivity index (χ0v) is 17.7. The Kier molecular flexibility index (Phi) is 5.37. The maximum atomic E-state index is 13.4. The van der Waals surface area contributed by atoms with Gasteiger partial charge >= 0.3 is 0 Å². The van der Waals surface area contributed by atoms with Crippen molar-refractivity contribution in [1.82, 2.24) is 0 Å². The van der Waals surface area contributed by atoms with Crippen LogP contribution in [-0.4, -0.2) is 14.2 Å². The number of aryl methyl sites for hydroxylation is 1. The number of carbonyl (C=O) groups is 1. The fraction of sp³-hybridized carbons (Fsp3) is 0.0870. The number of nitrogens with zero attached hydrogens (tertiary/aromatic N) is 1. The van der Waals surface area contributed by atoms with Gasteiger partial charge in [-0.1, -0.05) is 59.6 Å². The van der Waals surface area contributed by atoms with Crippen LogP contribution in [0.4, 0.5) is 11.4 Å². The molecule has 0 saturated carbocycles. The monoisotopic (exact) mass is 438 g/mol. The number of ketones is 1. The van der Waals surface area contributed by atoms with E-state index in [4.69, 9.17) is 11.6 Å². The molecule has 4 rings (SSSR count). The van der Waals surface area contributed by atoms with E-state index in [9.17, 15) is 13.2 Å². The summed E-state index contributed by atoms with van der Waals surface area (Å²) in [5.41, 5.74) is 3.18. The van der Waals surface area contributed by atoms with Crippen molar-refractivity contribution < 1.29 is 13.2 Å². The molecule has 0 fully saturated rings. The first-order chi connectivity index (χ1) is 14.4. The highest BCUT2D eigenvalue weighted by molar-refractivity contribution is 7.97. The molecule has 5 nitrogen and oxygen atoms in total. The second-order valence-electron chi connectivity index (χ2n) is 7.01. The van der Waals surface area contributed by atoms with E-state index in [0.29, 0.717) is 22.0 Å². The van der Waals surface area contributed by atoms with E-state index >= 15 is 0 Å². The van der Waals surface area contributed by atoms with Crippen LogP contribution in [0.3, 0.4) is 0 Å². The lowest BCUT2D eigenvalue weighted by atomic mass is 10.1. The normalized spacial score (nSPS) is 16.4. The Bertz CT molecular complexity index is 1270. The van der Waals surface area contributed by atoms with Crippen molar-refractivity contribution in [3.8, 4) is 0 Å².